The Morgan fingerprint density at radius 3 is 1.95 bits per heavy atom. The number of aromatic amines is 2. The maximum atomic E-state index is 12.8. The molecule has 402 valence electrons. The van der Waals surface area contributed by atoms with Gasteiger partial charge >= 0.3 is 7.12 Å². The van der Waals surface area contributed by atoms with Gasteiger partial charge in [-0.3, -0.25) is 29.1 Å². The lowest BCUT2D eigenvalue weighted by molar-refractivity contribution is -0.132. The Labute approximate surface area is 459 Å². The van der Waals surface area contributed by atoms with Crippen molar-refractivity contribution < 1.29 is 28.5 Å². The van der Waals surface area contributed by atoms with Crippen LogP contribution < -0.4 is 16.1 Å². The Hall–Kier alpha value is -7.15. The molecule has 0 atom stereocenters. The molecule has 3 fully saturated rings. The molecule has 4 aromatic carbocycles. The summed E-state index contributed by atoms with van der Waals surface area (Å²) in [6.07, 6.45) is 6.14. The molecule has 0 unspecified atom stereocenters. The number of carbonyl (C=O) groups excluding carboxylic acids is 4. The first-order valence-electron chi connectivity index (χ1n) is 27.0. The van der Waals surface area contributed by atoms with Gasteiger partial charge in [0.05, 0.1) is 57.6 Å². The summed E-state index contributed by atoms with van der Waals surface area (Å²) in [5.74, 6) is 0.323. The van der Waals surface area contributed by atoms with E-state index in [0.29, 0.717) is 36.6 Å². The van der Waals surface area contributed by atoms with Gasteiger partial charge in [0, 0.05) is 134 Å². The number of nitrogens with one attached hydrogen (secondary N) is 4. The third-order valence-electron chi connectivity index (χ3n) is 16.3. The van der Waals surface area contributed by atoms with E-state index in [9.17, 15) is 19.2 Å². The van der Waals surface area contributed by atoms with Gasteiger partial charge in [-0.05, 0) is 76.6 Å². The van der Waals surface area contributed by atoms with Gasteiger partial charge in [-0.2, -0.15) is 0 Å². The number of nitrogens with zero attached hydrogens (tertiary/aromatic N) is 6. The largest absolute Gasteiger partial charge is 0.494 e. The molecule has 9 heterocycles. The van der Waals surface area contributed by atoms with Crippen molar-refractivity contribution in [3.05, 3.63) is 136 Å². The lowest BCUT2D eigenvalue weighted by atomic mass is 9.78. The summed E-state index contributed by atoms with van der Waals surface area (Å²) in [4.78, 5) is 74.1. The second kappa shape index (κ2) is 21.6. The molecule has 4 amide bonds. The van der Waals surface area contributed by atoms with E-state index in [1.165, 1.54) is 0 Å². The maximum absolute atomic E-state index is 12.8. The van der Waals surface area contributed by atoms with Crippen molar-refractivity contribution in [2.75, 3.05) is 79.5 Å². The van der Waals surface area contributed by atoms with E-state index in [4.69, 9.17) is 25.9 Å². The van der Waals surface area contributed by atoms with Crippen LogP contribution in [-0.2, 0) is 44.6 Å². The highest BCUT2D eigenvalue weighted by Crippen LogP contribution is 2.37. The standard InChI is InChI=1S/C27H27N5O2.C19H29BN2O3.C14H10ClN3O/c1-31-9-11-32(12-10-31)24(33)14-17-3-2-4-18(13-17)23-15-21-19(16-29-23)5-6-20-25-22(30-26(20)21)7-8-28-27(25)34;1-18(2)19(3,4)25-20(24-18)16-8-6-7-15(13-16)14-17(23)22-11-9-21(5)10-12-22;15-11-5-9-7(6-17-11)1-2-8-12-10(18-13(8)9)3-4-16-14(12)19/h2-6,13,15-16,30H,7-12,14H2,1H3,(H,28,34);6-8,13H,9-12,14H2,1-5H3;1-2,5-6,17H,3-4H2,(H,16,19). The van der Waals surface area contributed by atoms with Crippen LogP contribution in [0, 0.1) is 0 Å². The van der Waals surface area contributed by atoms with Crippen molar-refractivity contribution in [3.8, 4) is 11.3 Å². The fourth-order valence-corrected chi connectivity index (χ4v) is 11.1. The summed E-state index contributed by atoms with van der Waals surface area (Å²) >= 11 is 6.01. The quantitative estimate of drug-likeness (QED) is 0.101. The lowest BCUT2D eigenvalue weighted by Gasteiger charge is -2.32. The minimum atomic E-state index is -0.385. The van der Waals surface area contributed by atoms with Crippen LogP contribution >= 0.6 is 11.6 Å². The maximum Gasteiger partial charge on any atom is 0.494 e. The Morgan fingerprint density at radius 1 is 0.667 bits per heavy atom. The summed E-state index contributed by atoms with van der Waals surface area (Å²) < 4.78 is 12.2. The van der Waals surface area contributed by atoms with Gasteiger partial charge in [0.1, 0.15) is 5.15 Å². The smallest absolute Gasteiger partial charge is 0.399 e. The van der Waals surface area contributed by atoms with Gasteiger partial charge in [-0.25, -0.2) is 0 Å². The molecule has 5 aliphatic rings. The number of fused-ring (bicyclic) bond motifs is 10. The number of hydrogen-bond acceptors (Lipinski definition) is 10. The minimum absolute atomic E-state index is 0.0150. The molecular formula is C60H66BClN10O6. The summed E-state index contributed by atoms with van der Waals surface area (Å²) in [5.41, 5.74) is 9.28. The second-order valence-corrected chi connectivity index (χ2v) is 22.6. The zero-order chi connectivity index (χ0) is 54.5. The minimum Gasteiger partial charge on any atom is -0.399 e. The monoisotopic (exact) mass is 1070 g/mol. The highest BCUT2D eigenvalue weighted by molar-refractivity contribution is 6.62. The fraction of sp³-hybridized carbons (Fsp3) is 0.367. The fourth-order valence-electron chi connectivity index (χ4n) is 11.0. The molecular weight excluding hydrogens is 1000 g/mol. The number of piperazine rings is 2. The van der Waals surface area contributed by atoms with Crippen molar-refractivity contribution >= 4 is 91.2 Å². The number of aromatic nitrogens is 4. The highest BCUT2D eigenvalue weighted by atomic mass is 35.5. The van der Waals surface area contributed by atoms with Crippen molar-refractivity contribution in [1.82, 2.24) is 50.2 Å². The van der Waals surface area contributed by atoms with Crippen molar-refractivity contribution in [3.63, 3.8) is 0 Å². The Kier molecular flexibility index (Phi) is 14.6. The molecule has 5 aliphatic heterocycles. The number of rotatable bonds is 6. The number of pyridine rings is 2. The molecule has 0 aliphatic carbocycles. The van der Waals surface area contributed by atoms with Crippen LogP contribution in [0.5, 0.6) is 0 Å². The number of H-pyrrole nitrogens is 2. The third-order valence-corrected chi connectivity index (χ3v) is 16.5. The number of carbonyl (C=O) groups is 4. The molecule has 13 rings (SSSR count). The average Bonchev–Trinajstić information content (AvgIpc) is 4.26. The van der Waals surface area contributed by atoms with Crippen LogP contribution in [0.3, 0.4) is 0 Å². The zero-order valence-corrected chi connectivity index (χ0v) is 46.0. The van der Waals surface area contributed by atoms with E-state index in [1.807, 2.05) is 123 Å². The van der Waals surface area contributed by atoms with Gasteiger partial charge in [-0.15, -0.1) is 0 Å². The summed E-state index contributed by atoms with van der Waals surface area (Å²) in [6.45, 7) is 16.4. The zero-order valence-electron chi connectivity index (χ0n) is 45.2. The van der Waals surface area contributed by atoms with E-state index in [0.717, 1.165) is 153 Å². The van der Waals surface area contributed by atoms with E-state index in [1.54, 1.807) is 0 Å². The molecule has 0 saturated carbocycles. The first-order valence-corrected chi connectivity index (χ1v) is 27.4. The molecule has 0 radical (unpaired) electrons. The van der Waals surface area contributed by atoms with Gasteiger partial charge in [0.25, 0.3) is 11.8 Å². The van der Waals surface area contributed by atoms with Crippen LogP contribution in [0.1, 0.15) is 70.9 Å². The Bertz CT molecular complexity index is 3620. The SMILES string of the molecule is CN1CCN(C(=O)Cc2cccc(-c3cc4c(ccc5c6c([nH]c54)CCNC6=O)cn3)c2)CC1.CN1CCN(C(=O)Cc2cccc(B3OC(C)(C)C(C)(C)O3)c2)CC1.O=C1NCCc2nc3c(ccc4c[nH]c(Cl)cc43)c21. The second-order valence-electron chi connectivity index (χ2n) is 22.2. The van der Waals surface area contributed by atoms with E-state index < -0.39 is 0 Å². The average molecular weight is 1070 g/mol. The number of amides is 4. The molecule has 3 saturated heterocycles. The molecule has 4 aromatic heterocycles. The number of halogens is 1. The number of benzene rings is 4. The molecule has 18 heteroatoms. The Morgan fingerprint density at radius 2 is 1.27 bits per heavy atom. The predicted octanol–water partition coefficient (Wildman–Crippen LogP) is 6.94. The first kappa shape index (κ1) is 52.9. The molecule has 16 nitrogen and oxygen atoms in total. The van der Waals surface area contributed by atoms with Crippen LogP contribution in [-0.4, -0.2) is 161 Å². The summed E-state index contributed by atoms with van der Waals surface area (Å²) in [5, 5.41) is 12.3. The number of likely N-dealkylation sites (N-methyl/N-ethyl adjacent to an activating group) is 2. The van der Waals surface area contributed by atoms with Crippen LogP contribution in [0.4, 0.5) is 0 Å². The molecule has 0 bridgehead atoms. The van der Waals surface area contributed by atoms with Gasteiger partial charge in [0.2, 0.25) is 11.8 Å². The van der Waals surface area contributed by atoms with Crippen LogP contribution in [0.2, 0.25) is 5.15 Å². The van der Waals surface area contributed by atoms with Crippen molar-refractivity contribution in [2.24, 2.45) is 0 Å². The lowest BCUT2D eigenvalue weighted by Crippen LogP contribution is -2.47. The third kappa shape index (κ3) is 10.7. The number of hydrogen-bond donors (Lipinski definition) is 4. The van der Waals surface area contributed by atoms with Crippen molar-refractivity contribution in [2.45, 2.75) is 64.6 Å². The highest BCUT2D eigenvalue weighted by Gasteiger charge is 2.51. The van der Waals surface area contributed by atoms with Gasteiger partial charge in [-0.1, -0.05) is 78.3 Å². The van der Waals surface area contributed by atoms with E-state index in [2.05, 4.69) is 61.6 Å². The first-order chi connectivity index (χ1) is 37.5. The van der Waals surface area contributed by atoms with Crippen LogP contribution in [0.15, 0.2) is 97.3 Å². The molecule has 4 N–H and O–H groups in total. The topological polar surface area (TPSA) is 181 Å². The van der Waals surface area contributed by atoms with Crippen molar-refractivity contribution in [1.29, 1.82) is 0 Å². The molecule has 78 heavy (non-hydrogen) atoms. The summed E-state index contributed by atoms with van der Waals surface area (Å²) in [7, 11) is 3.80. The molecule has 8 aromatic rings. The van der Waals surface area contributed by atoms with E-state index >= 15 is 0 Å². The van der Waals surface area contributed by atoms with Crippen LogP contribution in [0.25, 0.3) is 54.6 Å². The predicted molar refractivity (Wildman–Crippen MR) is 307 cm³/mol. The van der Waals surface area contributed by atoms with Gasteiger partial charge < -0.3 is 49.5 Å². The molecule has 0 spiro atoms. The summed E-state index contributed by atoms with van der Waals surface area (Å²) in [6, 6.07) is 28.0. The normalized spacial score (nSPS) is 18.2. The van der Waals surface area contributed by atoms with Gasteiger partial charge in [0.15, 0.2) is 0 Å². The van der Waals surface area contributed by atoms with E-state index in [-0.39, 0.29) is 41.9 Å². The Balaban J connectivity index is 0.000000130.